The number of aromatic nitrogens is 2. The molecule has 0 saturated carbocycles. The van der Waals surface area contributed by atoms with Crippen LogP contribution in [0.5, 0.6) is 6.01 Å². The molecule has 6 unspecified atom stereocenters. The molecule has 3 aromatic carbocycles. The summed E-state index contributed by atoms with van der Waals surface area (Å²) >= 11 is 6.95. The minimum Gasteiger partial charge on any atom is -0.463 e. The Labute approximate surface area is 275 Å². The van der Waals surface area contributed by atoms with Gasteiger partial charge in [0.05, 0.1) is 24.8 Å². The molecule has 4 aliphatic rings. The molecule has 242 valence electrons. The largest absolute Gasteiger partial charge is 0.463 e. The number of fused-ring (bicyclic) bond motifs is 6. The van der Waals surface area contributed by atoms with Gasteiger partial charge in [-0.15, -0.1) is 0 Å². The van der Waals surface area contributed by atoms with Gasteiger partial charge in [-0.2, -0.15) is 9.97 Å². The number of morpholine rings is 1. The van der Waals surface area contributed by atoms with E-state index >= 15 is 4.39 Å². The molecule has 0 amide bonds. The Kier molecular flexibility index (Phi) is 8.25. The number of nitrogens with one attached hydrogen (secondary N) is 1. The van der Waals surface area contributed by atoms with E-state index in [1.807, 2.05) is 48.5 Å². The molecule has 5 heterocycles. The molecule has 4 bridgehead atoms. The summed E-state index contributed by atoms with van der Waals surface area (Å²) in [5.74, 6) is 1.02. The third-order valence-electron chi connectivity index (χ3n) is 11.1. The molecule has 6 atom stereocenters. The smallest absolute Gasteiger partial charge is 0.319 e. The predicted octanol–water partition coefficient (Wildman–Crippen LogP) is 7.09. The maximum atomic E-state index is 16.9. The predicted molar refractivity (Wildman–Crippen MR) is 182 cm³/mol. The van der Waals surface area contributed by atoms with Gasteiger partial charge in [0.15, 0.2) is 5.82 Å². The third kappa shape index (κ3) is 5.51. The summed E-state index contributed by atoms with van der Waals surface area (Å²) in [7, 11) is 0. The van der Waals surface area contributed by atoms with Gasteiger partial charge < -0.3 is 19.7 Å². The van der Waals surface area contributed by atoms with Crippen LogP contribution in [0.3, 0.4) is 0 Å². The number of benzene rings is 3. The van der Waals surface area contributed by atoms with Gasteiger partial charge in [0.1, 0.15) is 11.3 Å². The molecular weight excluding hydrogens is 601 g/mol. The van der Waals surface area contributed by atoms with E-state index in [9.17, 15) is 0 Å². The average Bonchev–Trinajstić information content (AvgIpc) is 3.51. The number of nitrogens with zero attached hydrogens (tertiary/aromatic N) is 4. The van der Waals surface area contributed by atoms with Gasteiger partial charge in [-0.25, -0.2) is 4.39 Å². The highest BCUT2D eigenvalue weighted by molar-refractivity contribution is 6.35. The lowest BCUT2D eigenvalue weighted by molar-refractivity contribution is -0.0267. The fourth-order valence-corrected chi connectivity index (χ4v) is 8.75. The van der Waals surface area contributed by atoms with Crippen molar-refractivity contribution in [3.05, 3.63) is 59.4 Å². The first kappa shape index (κ1) is 30.3. The van der Waals surface area contributed by atoms with Gasteiger partial charge in [-0.3, -0.25) is 4.90 Å². The highest BCUT2D eigenvalue weighted by Gasteiger charge is 2.39. The summed E-state index contributed by atoms with van der Waals surface area (Å²) in [4.78, 5) is 14.7. The molecule has 1 N–H and O–H groups in total. The monoisotopic (exact) mass is 643 g/mol. The van der Waals surface area contributed by atoms with E-state index in [2.05, 4.69) is 29.0 Å². The first-order chi connectivity index (χ1) is 22.5. The summed E-state index contributed by atoms with van der Waals surface area (Å²) in [6, 6.07) is 17.8. The van der Waals surface area contributed by atoms with Crippen molar-refractivity contribution in [2.24, 2.45) is 11.8 Å². The maximum Gasteiger partial charge on any atom is 0.319 e. The van der Waals surface area contributed by atoms with Gasteiger partial charge in [-0.1, -0.05) is 74.3 Å². The van der Waals surface area contributed by atoms with E-state index in [-0.39, 0.29) is 17.4 Å². The third-order valence-corrected chi connectivity index (χ3v) is 11.4. The number of rotatable bonds is 9. The van der Waals surface area contributed by atoms with Crippen LogP contribution in [0, 0.1) is 17.7 Å². The number of halogens is 2. The topological polar surface area (TPSA) is 62.8 Å². The lowest BCUT2D eigenvalue weighted by Crippen LogP contribution is -2.51. The van der Waals surface area contributed by atoms with Crippen LogP contribution < -0.4 is 15.0 Å². The van der Waals surface area contributed by atoms with Crippen LogP contribution in [-0.2, 0) is 4.74 Å². The summed E-state index contributed by atoms with van der Waals surface area (Å²) in [5, 5.41) is 6.66. The van der Waals surface area contributed by atoms with Crippen LogP contribution >= 0.6 is 11.6 Å². The fourth-order valence-electron chi connectivity index (χ4n) is 8.46. The molecule has 46 heavy (non-hydrogen) atoms. The standard InChI is InChI=1S/C37H43ClFN5O2/c1-3-23(16-44-27-13-14-28(44)21-45-20-27)22(2)19-46-37-41-35-31(36(42-37)43-17-25-11-12-26(18-43)40-25)15-32(38)33(34(35)39)30-10-6-8-24-7-4-5-9-29(24)30/h4-10,15,22-23,25-28,40H,3,11-14,16-21H2,1-2H3. The van der Waals surface area contributed by atoms with Crippen molar-refractivity contribution in [3.63, 3.8) is 0 Å². The van der Waals surface area contributed by atoms with Gasteiger partial charge in [0.25, 0.3) is 0 Å². The lowest BCUT2D eigenvalue weighted by atomic mass is 9.91. The Morgan fingerprint density at radius 2 is 1.74 bits per heavy atom. The zero-order valence-corrected chi connectivity index (χ0v) is 27.5. The molecule has 0 radical (unpaired) electrons. The Bertz CT molecular complexity index is 1720. The summed E-state index contributed by atoms with van der Waals surface area (Å²) < 4.78 is 29.1. The van der Waals surface area contributed by atoms with Crippen molar-refractivity contribution in [2.75, 3.05) is 44.4 Å². The van der Waals surface area contributed by atoms with E-state index in [0.29, 0.717) is 58.5 Å². The van der Waals surface area contributed by atoms with Gasteiger partial charge >= 0.3 is 6.01 Å². The van der Waals surface area contributed by atoms with Crippen LogP contribution in [0.1, 0.15) is 46.0 Å². The van der Waals surface area contributed by atoms with Crippen LogP contribution in [0.15, 0.2) is 48.5 Å². The lowest BCUT2D eigenvalue weighted by Gasteiger charge is -2.38. The number of anilines is 1. The molecule has 4 fully saturated rings. The summed E-state index contributed by atoms with van der Waals surface area (Å²) in [6.45, 7) is 9.35. The van der Waals surface area contributed by atoms with Crippen molar-refractivity contribution in [2.45, 2.75) is 70.1 Å². The molecule has 8 rings (SSSR count). The van der Waals surface area contributed by atoms with Crippen LogP contribution in [-0.4, -0.2) is 78.5 Å². The molecule has 4 aliphatic heterocycles. The Hall–Kier alpha value is -3.04. The van der Waals surface area contributed by atoms with Crippen molar-refractivity contribution in [1.29, 1.82) is 0 Å². The van der Waals surface area contributed by atoms with Crippen molar-refractivity contribution in [3.8, 4) is 17.1 Å². The molecule has 1 aromatic heterocycles. The van der Waals surface area contributed by atoms with Crippen LogP contribution in [0.2, 0.25) is 5.02 Å². The molecule has 4 aromatic rings. The Morgan fingerprint density at radius 3 is 2.50 bits per heavy atom. The highest BCUT2D eigenvalue weighted by Crippen LogP contribution is 2.42. The van der Waals surface area contributed by atoms with Crippen molar-refractivity contribution >= 4 is 39.1 Å². The van der Waals surface area contributed by atoms with E-state index in [0.717, 1.165) is 68.4 Å². The van der Waals surface area contributed by atoms with Gasteiger partial charge in [0.2, 0.25) is 0 Å². The van der Waals surface area contributed by atoms with Gasteiger partial charge in [-0.05, 0) is 59.9 Å². The summed E-state index contributed by atoms with van der Waals surface area (Å²) in [6.07, 6.45) is 5.78. The zero-order chi connectivity index (χ0) is 31.4. The molecule has 9 heteroatoms. The Morgan fingerprint density at radius 1 is 1.00 bits per heavy atom. The molecule has 7 nitrogen and oxygen atoms in total. The maximum absolute atomic E-state index is 16.9. The van der Waals surface area contributed by atoms with Crippen molar-refractivity contribution in [1.82, 2.24) is 20.2 Å². The molecule has 4 saturated heterocycles. The quantitative estimate of drug-likeness (QED) is 0.209. The SMILES string of the molecule is CCC(CN1C2CCC1COC2)C(C)COc1nc(N2CC3CCC(C2)N3)c2cc(Cl)c(-c3cccc4ccccc34)c(F)c2n1. The van der Waals surface area contributed by atoms with Crippen LogP contribution in [0.4, 0.5) is 10.2 Å². The van der Waals surface area contributed by atoms with E-state index in [1.165, 1.54) is 12.8 Å². The zero-order valence-electron chi connectivity index (χ0n) is 26.7. The van der Waals surface area contributed by atoms with Crippen molar-refractivity contribution < 1.29 is 13.9 Å². The molecular formula is C37H43ClFN5O2. The fraction of sp³-hybridized carbons (Fsp3) is 0.514. The second kappa shape index (κ2) is 12.5. The number of ether oxygens (including phenoxy) is 2. The van der Waals surface area contributed by atoms with Gasteiger partial charge in [0, 0.05) is 54.8 Å². The van der Waals surface area contributed by atoms with E-state index in [4.69, 9.17) is 31.0 Å². The summed E-state index contributed by atoms with van der Waals surface area (Å²) in [5.41, 5.74) is 1.37. The second-order valence-corrected chi connectivity index (χ2v) is 14.3. The molecule has 0 aliphatic carbocycles. The van der Waals surface area contributed by atoms with E-state index < -0.39 is 5.82 Å². The number of piperazine rings is 1. The number of hydrogen-bond donors (Lipinski definition) is 1. The molecule has 0 spiro atoms. The number of hydrogen-bond acceptors (Lipinski definition) is 7. The minimum atomic E-state index is -0.437. The Balaban J connectivity index is 1.14. The normalized spacial score (nSPS) is 25.8. The average molecular weight is 644 g/mol. The second-order valence-electron chi connectivity index (χ2n) is 13.9. The van der Waals surface area contributed by atoms with E-state index in [1.54, 1.807) is 0 Å². The first-order valence-corrected chi connectivity index (χ1v) is 17.5. The highest BCUT2D eigenvalue weighted by atomic mass is 35.5. The minimum absolute atomic E-state index is 0.228. The van der Waals surface area contributed by atoms with Crippen LogP contribution in [0.25, 0.3) is 32.8 Å². The first-order valence-electron chi connectivity index (χ1n) is 17.1.